The van der Waals surface area contributed by atoms with E-state index in [1.165, 1.54) is 12.4 Å². The standard InChI is InChI=1S/C11H8Cl2N2O/c12-9-3-1-2-8(6-9)7-16-11-10(13)14-4-5-15-11/h1-6H,7H2. The number of nitrogens with zero attached hydrogens (tertiary/aromatic N) is 2. The highest BCUT2D eigenvalue weighted by molar-refractivity contribution is 6.30. The Morgan fingerprint density at radius 1 is 1.12 bits per heavy atom. The molecular formula is C11H8Cl2N2O. The molecule has 0 spiro atoms. The maximum Gasteiger partial charge on any atom is 0.252 e. The lowest BCUT2D eigenvalue weighted by molar-refractivity contribution is 0.292. The molecule has 0 aliphatic carbocycles. The molecule has 0 aliphatic rings. The summed E-state index contributed by atoms with van der Waals surface area (Å²) in [6.07, 6.45) is 3.04. The Morgan fingerprint density at radius 3 is 2.69 bits per heavy atom. The number of benzene rings is 1. The van der Waals surface area contributed by atoms with Gasteiger partial charge in [-0.2, -0.15) is 0 Å². The van der Waals surface area contributed by atoms with Gasteiger partial charge in [0.15, 0.2) is 5.15 Å². The first kappa shape index (κ1) is 11.2. The van der Waals surface area contributed by atoms with Gasteiger partial charge in [0.25, 0.3) is 5.88 Å². The third-order valence-corrected chi connectivity index (χ3v) is 2.38. The molecule has 1 aromatic heterocycles. The molecule has 0 atom stereocenters. The molecule has 2 rings (SSSR count). The van der Waals surface area contributed by atoms with E-state index in [1.807, 2.05) is 18.2 Å². The van der Waals surface area contributed by atoms with Crippen LogP contribution in [0.3, 0.4) is 0 Å². The molecule has 0 fully saturated rings. The van der Waals surface area contributed by atoms with Gasteiger partial charge in [0.2, 0.25) is 0 Å². The van der Waals surface area contributed by atoms with Crippen LogP contribution in [0.4, 0.5) is 0 Å². The maximum absolute atomic E-state index is 5.85. The lowest BCUT2D eigenvalue weighted by Gasteiger charge is -2.05. The molecule has 0 aliphatic heterocycles. The van der Waals surface area contributed by atoms with Crippen molar-refractivity contribution < 1.29 is 4.74 Å². The monoisotopic (exact) mass is 254 g/mol. The second kappa shape index (κ2) is 5.14. The summed E-state index contributed by atoms with van der Waals surface area (Å²) in [7, 11) is 0. The van der Waals surface area contributed by atoms with E-state index in [2.05, 4.69) is 9.97 Å². The Hall–Kier alpha value is -1.32. The number of rotatable bonds is 3. The van der Waals surface area contributed by atoms with E-state index in [-0.39, 0.29) is 5.15 Å². The van der Waals surface area contributed by atoms with Gasteiger partial charge < -0.3 is 4.74 Å². The van der Waals surface area contributed by atoms with E-state index in [4.69, 9.17) is 27.9 Å². The zero-order valence-electron chi connectivity index (χ0n) is 8.23. The molecule has 16 heavy (non-hydrogen) atoms. The van der Waals surface area contributed by atoms with Crippen molar-refractivity contribution in [3.05, 3.63) is 52.4 Å². The molecule has 82 valence electrons. The summed E-state index contributed by atoms with van der Waals surface area (Å²) >= 11 is 11.6. The molecule has 0 N–H and O–H groups in total. The summed E-state index contributed by atoms with van der Waals surface area (Å²) in [5.41, 5.74) is 0.953. The summed E-state index contributed by atoms with van der Waals surface area (Å²) in [6.45, 7) is 0.360. The number of ether oxygens (including phenoxy) is 1. The van der Waals surface area contributed by atoms with Crippen molar-refractivity contribution >= 4 is 23.2 Å². The van der Waals surface area contributed by atoms with Crippen molar-refractivity contribution in [2.45, 2.75) is 6.61 Å². The summed E-state index contributed by atoms with van der Waals surface area (Å²) in [5.74, 6) is 0.323. The second-order valence-electron chi connectivity index (χ2n) is 3.07. The van der Waals surface area contributed by atoms with Crippen LogP contribution in [0.15, 0.2) is 36.7 Å². The Bertz CT molecular complexity index is 491. The fourth-order valence-corrected chi connectivity index (χ4v) is 1.56. The van der Waals surface area contributed by atoms with Gasteiger partial charge in [-0.15, -0.1) is 0 Å². The first-order valence-corrected chi connectivity index (χ1v) is 5.35. The molecule has 1 aromatic carbocycles. The van der Waals surface area contributed by atoms with Crippen molar-refractivity contribution in [2.75, 3.05) is 0 Å². The molecule has 0 saturated heterocycles. The van der Waals surface area contributed by atoms with E-state index in [0.717, 1.165) is 5.56 Å². The van der Waals surface area contributed by atoms with Crippen LogP contribution in [0.1, 0.15) is 5.56 Å². The van der Waals surface area contributed by atoms with E-state index in [9.17, 15) is 0 Å². The average molecular weight is 255 g/mol. The van der Waals surface area contributed by atoms with Crippen LogP contribution in [0.2, 0.25) is 10.2 Å². The number of halogens is 2. The zero-order valence-corrected chi connectivity index (χ0v) is 9.74. The molecule has 0 bridgehead atoms. The highest BCUT2D eigenvalue weighted by Gasteiger charge is 2.03. The summed E-state index contributed by atoms with van der Waals surface area (Å²) in [5, 5.41) is 0.927. The van der Waals surface area contributed by atoms with Crippen molar-refractivity contribution in [3.8, 4) is 5.88 Å². The number of hydrogen-bond acceptors (Lipinski definition) is 3. The van der Waals surface area contributed by atoms with Gasteiger partial charge in [0.1, 0.15) is 6.61 Å². The third-order valence-electron chi connectivity index (χ3n) is 1.89. The fraction of sp³-hybridized carbons (Fsp3) is 0.0909. The second-order valence-corrected chi connectivity index (χ2v) is 3.87. The normalized spacial score (nSPS) is 10.1. The minimum atomic E-state index is 0.254. The van der Waals surface area contributed by atoms with Crippen molar-refractivity contribution in [1.82, 2.24) is 9.97 Å². The first-order valence-electron chi connectivity index (χ1n) is 4.59. The van der Waals surface area contributed by atoms with Gasteiger partial charge in [0, 0.05) is 17.4 Å². The fourth-order valence-electron chi connectivity index (χ4n) is 1.18. The molecule has 0 saturated carbocycles. The average Bonchev–Trinajstić information content (AvgIpc) is 2.28. The molecule has 2 aromatic rings. The van der Waals surface area contributed by atoms with Gasteiger partial charge in [-0.05, 0) is 17.7 Å². The Kier molecular flexibility index (Phi) is 3.59. The van der Waals surface area contributed by atoms with Gasteiger partial charge >= 0.3 is 0 Å². The lowest BCUT2D eigenvalue weighted by atomic mass is 10.2. The SMILES string of the molecule is Clc1cccc(COc2nccnc2Cl)c1. The summed E-state index contributed by atoms with van der Waals surface area (Å²) < 4.78 is 5.41. The lowest BCUT2D eigenvalue weighted by Crippen LogP contribution is -1.98. The Balaban J connectivity index is 2.05. The van der Waals surface area contributed by atoms with E-state index >= 15 is 0 Å². The Morgan fingerprint density at radius 2 is 1.94 bits per heavy atom. The van der Waals surface area contributed by atoms with E-state index in [1.54, 1.807) is 6.07 Å². The van der Waals surface area contributed by atoms with Crippen LogP contribution >= 0.6 is 23.2 Å². The van der Waals surface area contributed by atoms with Crippen LogP contribution in [-0.2, 0) is 6.61 Å². The van der Waals surface area contributed by atoms with Gasteiger partial charge in [-0.1, -0.05) is 35.3 Å². The highest BCUT2D eigenvalue weighted by atomic mass is 35.5. The molecule has 3 nitrogen and oxygen atoms in total. The molecule has 1 heterocycles. The predicted octanol–water partition coefficient (Wildman–Crippen LogP) is 3.36. The highest BCUT2D eigenvalue weighted by Crippen LogP contribution is 2.19. The minimum absolute atomic E-state index is 0.254. The molecule has 0 unspecified atom stereocenters. The van der Waals surface area contributed by atoms with Crippen LogP contribution in [0, 0.1) is 0 Å². The largest absolute Gasteiger partial charge is 0.471 e. The van der Waals surface area contributed by atoms with Crippen LogP contribution < -0.4 is 4.74 Å². The Labute approximate surface area is 103 Å². The number of aromatic nitrogens is 2. The van der Waals surface area contributed by atoms with Gasteiger partial charge in [-0.3, -0.25) is 0 Å². The third kappa shape index (κ3) is 2.84. The van der Waals surface area contributed by atoms with E-state index in [0.29, 0.717) is 17.5 Å². The molecule has 5 heteroatoms. The first-order chi connectivity index (χ1) is 7.75. The van der Waals surface area contributed by atoms with Crippen LogP contribution in [0.25, 0.3) is 0 Å². The maximum atomic E-state index is 5.85. The summed E-state index contributed by atoms with van der Waals surface area (Å²) in [6, 6.07) is 7.40. The van der Waals surface area contributed by atoms with Gasteiger partial charge in [-0.25, -0.2) is 9.97 Å². The van der Waals surface area contributed by atoms with E-state index < -0.39 is 0 Å². The predicted molar refractivity (Wildman–Crippen MR) is 62.8 cm³/mol. The minimum Gasteiger partial charge on any atom is -0.471 e. The van der Waals surface area contributed by atoms with Crippen molar-refractivity contribution in [1.29, 1.82) is 0 Å². The summed E-state index contributed by atoms with van der Waals surface area (Å²) in [4.78, 5) is 7.83. The van der Waals surface area contributed by atoms with Crippen molar-refractivity contribution in [2.24, 2.45) is 0 Å². The molecular weight excluding hydrogens is 247 g/mol. The number of hydrogen-bond donors (Lipinski definition) is 0. The van der Waals surface area contributed by atoms with Crippen LogP contribution in [-0.4, -0.2) is 9.97 Å². The topological polar surface area (TPSA) is 35.0 Å². The quantitative estimate of drug-likeness (QED) is 0.843. The van der Waals surface area contributed by atoms with Crippen molar-refractivity contribution in [3.63, 3.8) is 0 Å². The molecule has 0 amide bonds. The zero-order chi connectivity index (χ0) is 11.4. The molecule has 0 radical (unpaired) electrons. The van der Waals surface area contributed by atoms with Gasteiger partial charge in [0.05, 0.1) is 0 Å². The van der Waals surface area contributed by atoms with Crippen LogP contribution in [0.5, 0.6) is 5.88 Å². The smallest absolute Gasteiger partial charge is 0.252 e.